The van der Waals surface area contributed by atoms with Crippen molar-refractivity contribution in [3.05, 3.63) is 0 Å². The molecule has 5 unspecified atom stereocenters. The highest BCUT2D eigenvalue weighted by Gasteiger charge is 2.56. The Labute approximate surface area is 78.1 Å². The van der Waals surface area contributed by atoms with E-state index < -0.39 is 0 Å². The fourth-order valence-corrected chi connectivity index (χ4v) is 3.61. The molecule has 13 heavy (non-hydrogen) atoms. The molecule has 2 saturated carbocycles. The van der Waals surface area contributed by atoms with Gasteiger partial charge in [-0.2, -0.15) is 5.26 Å². The minimum absolute atomic E-state index is 0.261. The lowest BCUT2D eigenvalue weighted by Crippen LogP contribution is -2.39. The standard InChI is InChI=1S/C10H14N2O/c11-1-2-13-10-6-3-7-5-12-9(10)8(7)4-6/h6-10,12H,2-5H2. The number of nitrogens with zero attached hydrogens (tertiary/aromatic N) is 1. The van der Waals surface area contributed by atoms with Crippen LogP contribution in [0.25, 0.3) is 0 Å². The van der Waals surface area contributed by atoms with Crippen molar-refractivity contribution < 1.29 is 4.74 Å². The molecular weight excluding hydrogens is 164 g/mol. The van der Waals surface area contributed by atoms with Gasteiger partial charge in [-0.05, 0) is 37.1 Å². The maximum atomic E-state index is 8.47. The Morgan fingerprint density at radius 3 is 3.15 bits per heavy atom. The first-order valence-electron chi connectivity index (χ1n) is 5.12. The van der Waals surface area contributed by atoms with Crippen molar-refractivity contribution in [2.75, 3.05) is 13.2 Å². The van der Waals surface area contributed by atoms with Crippen molar-refractivity contribution in [2.45, 2.75) is 25.0 Å². The maximum absolute atomic E-state index is 8.47. The van der Waals surface area contributed by atoms with Gasteiger partial charge in [0.15, 0.2) is 0 Å². The molecule has 1 saturated heterocycles. The lowest BCUT2D eigenvalue weighted by atomic mass is 9.88. The Hall–Kier alpha value is -0.590. The van der Waals surface area contributed by atoms with Crippen LogP contribution in [-0.4, -0.2) is 25.3 Å². The molecule has 0 radical (unpaired) electrons. The normalized spacial score (nSPS) is 51.2. The molecule has 3 nitrogen and oxygen atoms in total. The van der Waals surface area contributed by atoms with E-state index >= 15 is 0 Å². The summed E-state index contributed by atoms with van der Waals surface area (Å²) in [5.41, 5.74) is 0. The fraction of sp³-hybridized carbons (Fsp3) is 0.900. The van der Waals surface area contributed by atoms with Crippen LogP contribution in [0.1, 0.15) is 12.8 Å². The topological polar surface area (TPSA) is 45.0 Å². The molecule has 1 N–H and O–H groups in total. The first-order valence-corrected chi connectivity index (χ1v) is 5.12. The van der Waals surface area contributed by atoms with Crippen molar-refractivity contribution >= 4 is 0 Å². The van der Waals surface area contributed by atoms with Crippen molar-refractivity contribution in [1.29, 1.82) is 5.26 Å². The highest BCUT2D eigenvalue weighted by Crippen LogP contribution is 2.52. The van der Waals surface area contributed by atoms with Crippen LogP contribution >= 0.6 is 0 Å². The molecule has 2 aliphatic carbocycles. The second-order valence-corrected chi connectivity index (χ2v) is 4.52. The lowest BCUT2D eigenvalue weighted by Gasteiger charge is -2.26. The predicted octanol–water partition coefficient (Wildman–Crippen LogP) is 0.523. The summed E-state index contributed by atoms with van der Waals surface area (Å²) in [6.45, 7) is 1.44. The Bertz CT molecular complexity index is 258. The summed E-state index contributed by atoms with van der Waals surface area (Å²) >= 11 is 0. The number of fused-ring (bicyclic) bond motifs is 1. The molecule has 1 aliphatic heterocycles. The van der Waals surface area contributed by atoms with E-state index in [2.05, 4.69) is 11.4 Å². The van der Waals surface area contributed by atoms with Crippen LogP contribution in [0.2, 0.25) is 0 Å². The third-order valence-corrected chi connectivity index (χ3v) is 4.02. The van der Waals surface area contributed by atoms with E-state index in [0.29, 0.717) is 12.1 Å². The smallest absolute Gasteiger partial charge is 0.134 e. The number of nitrogens with one attached hydrogen (secondary N) is 1. The first kappa shape index (κ1) is 7.78. The first-order chi connectivity index (χ1) is 6.40. The van der Waals surface area contributed by atoms with Gasteiger partial charge in [-0.25, -0.2) is 0 Å². The van der Waals surface area contributed by atoms with E-state index in [4.69, 9.17) is 10.00 Å². The lowest BCUT2D eigenvalue weighted by molar-refractivity contribution is 0.0207. The van der Waals surface area contributed by atoms with Gasteiger partial charge in [-0.15, -0.1) is 0 Å². The largest absolute Gasteiger partial charge is 0.361 e. The highest BCUT2D eigenvalue weighted by atomic mass is 16.5. The Kier molecular flexibility index (Phi) is 1.61. The molecule has 5 atom stereocenters. The summed E-state index contributed by atoms with van der Waals surface area (Å²) in [5, 5.41) is 12.0. The monoisotopic (exact) mass is 178 g/mol. The van der Waals surface area contributed by atoms with E-state index in [0.717, 1.165) is 17.8 Å². The second kappa shape index (κ2) is 2.70. The molecule has 0 aromatic heterocycles. The van der Waals surface area contributed by atoms with Gasteiger partial charge in [-0.1, -0.05) is 0 Å². The third kappa shape index (κ3) is 0.962. The summed E-state index contributed by atoms with van der Waals surface area (Å²) in [7, 11) is 0. The van der Waals surface area contributed by atoms with E-state index in [-0.39, 0.29) is 6.61 Å². The maximum Gasteiger partial charge on any atom is 0.134 e. The van der Waals surface area contributed by atoms with Gasteiger partial charge in [0, 0.05) is 6.04 Å². The Morgan fingerprint density at radius 2 is 2.31 bits per heavy atom. The van der Waals surface area contributed by atoms with Gasteiger partial charge in [0.2, 0.25) is 0 Å². The van der Waals surface area contributed by atoms with E-state index in [1.165, 1.54) is 19.4 Å². The number of hydrogen-bond acceptors (Lipinski definition) is 3. The van der Waals surface area contributed by atoms with Crippen LogP contribution in [0.4, 0.5) is 0 Å². The molecular formula is C10H14N2O. The van der Waals surface area contributed by atoms with E-state index in [9.17, 15) is 0 Å². The van der Waals surface area contributed by atoms with Gasteiger partial charge >= 0.3 is 0 Å². The van der Waals surface area contributed by atoms with E-state index in [1.807, 2.05) is 0 Å². The van der Waals surface area contributed by atoms with Crippen LogP contribution in [0.15, 0.2) is 0 Å². The average Bonchev–Trinajstić information content (AvgIpc) is 2.70. The molecule has 2 bridgehead atoms. The van der Waals surface area contributed by atoms with Gasteiger partial charge < -0.3 is 10.1 Å². The summed E-state index contributed by atoms with van der Waals surface area (Å²) in [4.78, 5) is 0. The molecule has 3 heteroatoms. The molecule has 70 valence electrons. The molecule has 0 aromatic rings. The Balaban J connectivity index is 1.74. The van der Waals surface area contributed by atoms with Crippen molar-refractivity contribution in [2.24, 2.45) is 17.8 Å². The summed E-state index contributed by atoms with van der Waals surface area (Å²) in [6, 6.07) is 2.63. The fourth-order valence-electron chi connectivity index (χ4n) is 3.61. The number of rotatable bonds is 2. The van der Waals surface area contributed by atoms with Crippen molar-refractivity contribution in [3.8, 4) is 6.07 Å². The number of ether oxygens (including phenoxy) is 1. The van der Waals surface area contributed by atoms with Crippen LogP contribution in [0, 0.1) is 29.1 Å². The SMILES string of the molecule is N#CCOC1C2CC3CNC1C3C2. The molecule has 3 fully saturated rings. The van der Waals surface area contributed by atoms with Gasteiger partial charge in [-0.3, -0.25) is 0 Å². The molecule has 3 aliphatic rings. The van der Waals surface area contributed by atoms with Crippen LogP contribution in [0.3, 0.4) is 0 Å². The van der Waals surface area contributed by atoms with Crippen molar-refractivity contribution in [1.82, 2.24) is 5.32 Å². The molecule has 0 aromatic carbocycles. The summed E-state index contributed by atoms with van der Waals surface area (Å²) in [6.07, 6.45) is 2.99. The second-order valence-electron chi connectivity index (χ2n) is 4.52. The predicted molar refractivity (Wildman–Crippen MR) is 46.8 cm³/mol. The van der Waals surface area contributed by atoms with Crippen LogP contribution in [-0.2, 0) is 4.74 Å². The number of nitriles is 1. The quantitative estimate of drug-likeness (QED) is 0.670. The highest BCUT2D eigenvalue weighted by molar-refractivity contribution is 5.10. The molecule has 1 heterocycles. The van der Waals surface area contributed by atoms with Crippen LogP contribution < -0.4 is 5.32 Å². The van der Waals surface area contributed by atoms with Gasteiger partial charge in [0.05, 0.1) is 12.2 Å². The molecule has 3 rings (SSSR count). The third-order valence-electron chi connectivity index (χ3n) is 4.02. The Morgan fingerprint density at radius 1 is 1.38 bits per heavy atom. The number of hydrogen-bond donors (Lipinski definition) is 1. The summed E-state index contributed by atoms with van der Waals surface area (Å²) in [5.74, 6) is 2.51. The van der Waals surface area contributed by atoms with Crippen molar-refractivity contribution in [3.63, 3.8) is 0 Å². The zero-order valence-electron chi connectivity index (χ0n) is 7.57. The minimum Gasteiger partial charge on any atom is -0.361 e. The van der Waals surface area contributed by atoms with Gasteiger partial charge in [0.25, 0.3) is 0 Å². The zero-order valence-corrected chi connectivity index (χ0v) is 7.57. The molecule has 0 amide bonds. The van der Waals surface area contributed by atoms with Gasteiger partial charge in [0.1, 0.15) is 6.61 Å². The summed E-state index contributed by atoms with van der Waals surface area (Å²) < 4.78 is 5.59. The zero-order chi connectivity index (χ0) is 8.84. The molecule has 0 spiro atoms. The van der Waals surface area contributed by atoms with Crippen LogP contribution in [0.5, 0.6) is 0 Å². The minimum atomic E-state index is 0.261. The van der Waals surface area contributed by atoms with E-state index in [1.54, 1.807) is 0 Å². The average molecular weight is 178 g/mol.